The van der Waals surface area contributed by atoms with Gasteiger partial charge in [0.2, 0.25) is 5.91 Å². The summed E-state index contributed by atoms with van der Waals surface area (Å²) in [4.78, 5) is 38.3. The fourth-order valence-electron chi connectivity index (χ4n) is 2.90. The van der Waals surface area contributed by atoms with Crippen LogP contribution in [-0.4, -0.2) is 47.8 Å². The number of hydrogen-bond donors (Lipinski definition) is 3. The molecule has 0 saturated heterocycles. The number of aryl methyl sites for hydroxylation is 1. The smallest absolute Gasteiger partial charge is 0.408 e. The average molecular weight is 422 g/mol. The minimum atomic E-state index is -1.26. The van der Waals surface area contributed by atoms with Crippen LogP contribution in [-0.2, 0) is 14.3 Å². The molecule has 30 heavy (non-hydrogen) atoms. The molecule has 0 fully saturated rings. The van der Waals surface area contributed by atoms with E-state index in [4.69, 9.17) is 9.84 Å². The fourth-order valence-corrected chi connectivity index (χ4v) is 2.90. The Kier molecular flexibility index (Phi) is 9.62. The van der Waals surface area contributed by atoms with Crippen molar-refractivity contribution in [2.45, 2.75) is 72.4 Å². The molecule has 8 heteroatoms. The molecule has 0 aliphatic rings. The third-order valence-corrected chi connectivity index (χ3v) is 4.22. The number of anilines is 2. The summed E-state index contributed by atoms with van der Waals surface area (Å²) in [6.07, 6.45) is 0.597. The van der Waals surface area contributed by atoms with E-state index < -0.39 is 36.0 Å². The summed E-state index contributed by atoms with van der Waals surface area (Å²) in [5, 5.41) is 14.3. The molecule has 168 valence electrons. The molecule has 2 amide bonds. The molecule has 0 radical (unpaired) electrons. The molecule has 1 atom stereocenters. The number of nitrogens with zero attached hydrogens (tertiary/aromatic N) is 1. The Morgan fingerprint density at radius 3 is 2.23 bits per heavy atom. The van der Waals surface area contributed by atoms with Crippen molar-refractivity contribution < 1.29 is 24.2 Å². The minimum absolute atomic E-state index is 0.554. The molecule has 0 aromatic heterocycles. The van der Waals surface area contributed by atoms with E-state index in [0.29, 0.717) is 5.69 Å². The number of carboxylic acid groups (broad SMARTS) is 1. The third kappa shape index (κ3) is 8.71. The van der Waals surface area contributed by atoms with Crippen molar-refractivity contribution in [3.63, 3.8) is 0 Å². The Morgan fingerprint density at radius 2 is 1.73 bits per heavy atom. The van der Waals surface area contributed by atoms with Crippen LogP contribution in [0.5, 0.6) is 0 Å². The van der Waals surface area contributed by atoms with Gasteiger partial charge in [-0.25, -0.2) is 4.79 Å². The van der Waals surface area contributed by atoms with Gasteiger partial charge in [-0.05, 0) is 58.2 Å². The number of ether oxygens (including phenoxy) is 1. The lowest BCUT2D eigenvalue weighted by Crippen LogP contribution is -2.47. The van der Waals surface area contributed by atoms with Crippen molar-refractivity contribution in [2.75, 3.05) is 23.3 Å². The van der Waals surface area contributed by atoms with Gasteiger partial charge in [0.25, 0.3) is 0 Å². The number of benzene rings is 1. The number of amides is 2. The molecule has 0 aliphatic carbocycles. The van der Waals surface area contributed by atoms with E-state index in [1.807, 2.05) is 25.1 Å². The van der Waals surface area contributed by atoms with E-state index in [1.54, 1.807) is 20.8 Å². The maximum atomic E-state index is 12.8. The van der Waals surface area contributed by atoms with Crippen molar-refractivity contribution in [2.24, 2.45) is 0 Å². The average Bonchev–Trinajstić information content (AvgIpc) is 2.61. The maximum absolute atomic E-state index is 12.8. The maximum Gasteiger partial charge on any atom is 0.408 e. The summed E-state index contributed by atoms with van der Waals surface area (Å²) in [6, 6.07) is 4.53. The zero-order valence-electron chi connectivity index (χ0n) is 18.9. The van der Waals surface area contributed by atoms with Crippen LogP contribution in [0.25, 0.3) is 0 Å². The van der Waals surface area contributed by atoms with Crippen LogP contribution in [0, 0.1) is 6.92 Å². The predicted octanol–water partition coefficient (Wildman–Crippen LogP) is 3.93. The Hall–Kier alpha value is -2.77. The van der Waals surface area contributed by atoms with Crippen LogP contribution in [0.4, 0.5) is 16.2 Å². The molecule has 8 nitrogen and oxygen atoms in total. The van der Waals surface area contributed by atoms with Gasteiger partial charge in [0, 0.05) is 24.5 Å². The van der Waals surface area contributed by atoms with E-state index >= 15 is 0 Å². The molecule has 1 aromatic carbocycles. The van der Waals surface area contributed by atoms with E-state index in [-0.39, 0.29) is 0 Å². The summed E-state index contributed by atoms with van der Waals surface area (Å²) in [6.45, 7) is 12.9. The predicted molar refractivity (Wildman–Crippen MR) is 118 cm³/mol. The minimum Gasteiger partial charge on any atom is -0.481 e. The molecule has 0 heterocycles. The van der Waals surface area contributed by atoms with Crippen molar-refractivity contribution in [3.05, 3.63) is 23.8 Å². The zero-order valence-corrected chi connectivity index (χ0v) is 18.9. The van der Waals surface area contributed by atoms with Crippen molar-refractivity contribution >= 4 is 29.3 Å². The zero-order chi connectivity index (χ0) is 22.9. The first kappa shape index (κ1) is 25.3. The topological polar surface area (TPSA) is 108 Å². The molecule has 0 aliphatic heterocycles. The van der Waals surface area contributed by atoms with Gasteiger partial charge < -0.3 is 25.4 Å². The largest absolute Gasteiger partial charge is 0.481 e. The molecule has 0 bridgehead atoms. The lowest BCUT2D eigenvalue weighted by atomic mass is 10.1. The second-order valence-electron chi connectivity index (χ2n) is 8.27. The lowest BCUT2D eigenvalue weighted by molar-refractivity contribution is -0.139. The molecule has 1 rings (SSSR count). The number of nitrogens with one attached hydrogen (secondary N) is 2. The number of carboxylic acids is 1. The molecular weight excluding hydrogens is 386 g/mol. The number of carbonyl (C=O) groups is 3. The van der Waals surface area contributed by atoms with Crippen LogP contribution < -0.4 is 15.5 Å². The monoisotopic (exact) mass is 421 g/mol. The highest BCUT2D eigenvalue weighted by Gasteiger charge is 2.27. The quantitative estimate of drug-likeness (QED) is 0.528. The highest BCUT2D eigenvalue weighted by Crippen LogP contribution is 2.24. The molecular formula is C22H35N3O5. The van der Waals surface area contributed by atoms with Crippen LogP contribution in [0.1, 0.15) is 59.4 Å². The summed E-state index contributed by atoms with van der Waals surface area (Å²) in [5.41, 5.74) is 1.64. The number of carbonyl (C=O) groups excluding carboxylic acids is 2. The van der Waals surface area contributed by atoms with Crippen LogP contribution in [0.3, 0.4) is 0 Å². The first-order chi connectivity index (χ1) is 14.0. The first-order valence-corrected chi connectivity index (χ1v) is 10.3. The van der Waals surface area contributed by atoms with Gasteiger partial charge in [0.15, 0.2) is 0 Å². The molecule has 0 saturated carbocycles. The van der Waals surface area contributed by atoms with E-state index in [1.165, 1.54) is 0 Å². The molecule has 3 N–H and O–H groups in total. The second-order valence-corrected chi connectivity index (χ2v) is 8.27. The van der Waals surface area contributed by atoms with Gasteiger partial charge in [-0.2, -0.15) is 0 Å². The SMILES string of the molecule is CCCN(CCC)c1ccc(C)c(NC(=O)[C@H](CC(=O)O)NC(=O)OC(C)(C)C)c1. The van der Waals surface area contributed by atoms with E-state index in [0.717, 1.165) is 37.2 Å². The van der Waals surface area contributed by atoms with E-state index in [2.05, 4.69) is 29.4 Å². The number of aliphatic carboxylic acids is 1. The Balaban J connectivity index is 3.03. The van der Waals surface area contributed by atoms with Crippen molar-refractivity contribution in [3.8, 4) is 0 Å². The third-order valence-electron chi connectivity index (χ3n) is 4.22. The van der Waals surface area contributed by atoms with Crippen LogP contribution >= 0.6 is 0 Å². The van der Waals surface area contributed by atoms with Gasteiger partial charge in [-0.15, -0.1) is 0 Å². The first-order valence-electron chi connectivity index (χ1n) is 10.3. The fraction of sp³-hybridized carbons (Fsp3) is 0.591. The van der Waals surface area contributed by atoms with Crippen molar-refractivity contribution in [1.82, 2.24) is 5.32 Å². The highest BCUT2D eigenvalue weighted by molar-refractivity contribution is 5.99. The summed E-state index contributed by atoms with van der Waals surface area (Å²) < 4.78 is 5.15. The molecule has 0 spiro atoms. The Labute approximate surface area is 179 Å². The second kappa shape index (κ2) is 11.4. The van der Waals surface area contributed by atoms with E-state index in [9.17, 15) is 14.4 Å². The standard InChI is InChI=1S/C22H35N3O5/c1-7-11-25(12-8-2)16-10-9-15(3)17(13-16)23-20(28)18(14-19(26)27)24-21(29)30-22(4,5)6/h9-10,13,18H,7-8,11-12,14H2,1-6H3,(H,23,28)(H,24,29)(H,26,27)/t18-/m0/s1. The van der Waals surface area contributed by atoms with Gasteiger partial charge in [-0.3, -0.25) is 9.59 Å². The summed E-state index contributed by atoms with van der Waals surface area (Å²) >= 11 is 0. The van der Waals surface area contributed by atoms with Gasteiger partial charge in [-0.1, -0.05) is 19.9 Å². The normalized spacial score (nSPS) is 12.1. The van der Waals surface area contributed by atoms with Gasteiger partial charge >= 0.3 is 12.1 Å². The lowest BCUT2D eigenvalue weighted by Gasteiger charge is -2.25. The van der Waals surface area contributed by atoms with Crippen molar-refractivity contribution in [1.29, 1.82) is 0 Å². The van der Waals surface area contributed by atoms with Crippen LogP contribution in [0.2, 0.25) is 0 Å². The van der Waals surface area contributed by atoms with Crippen LogP contribution in [0.15, 0.2) is 18.2 Å². The Morgan fingerprint density at radius 1 is 1.13 bits per heavy atom. The van der Waals surface area contributed by atoms with Gasteiger partial charge in [0.05, 0.1) is 6.42 Å². The summed E-state index contributed by atoms with van der Waals surface area (Å²) in [7, 11) is 0. The molecule has 0 unspecified atom stereocenters. The number of alkyl carbamates (subject to hydrolysis) is 1. The number of hydrogen-bond acceptors (Lipinski definition) is 5. The highest BCUT2D eigenvalue weighted by atomic mass is 16.6. The summed E-state index contributed by atoms with van der Waals surface area (Å²) in [5.74, 6) is -1.81. The van der Waals surface area contributed by atoms with Gasteiger partial charge in [0.1, 0.15) is 11.6 Å². The molecule has 1 aromatic rings. The number of rotatable bonds is 10. The Bertz CT molecular complexity index is 737.